The Kier molecular flexibility index (Phi) is 11.4. The van der Waals surface area contributed by atoms with Crippen molar-refractivity contribution in [2.45, 2.75) is 124 Å². The molecule has 0 aliphatic carbocycles. The summed E-state index contributed by atoms with van der Waals surface area (Å²) in [5.74, 6) is 0. The number of hydrogen-bond donors (Lipinski definition) is 0. The van der Waals surface area contributed by atoms with Crippen LogP contribution in [0.2, 0.25) is 29.5 Å². The van der Waals surface area contributed by atoms with Gasteiger partial charge < -0.3 is 0 Å². The van der Waals surface area contributed by atoms with E-state index in [0.717, 1.165) is 19.0 Å². The molecule has 0 saturated carbocycles. The van der Waals surface area contributed by atoms with Gasteiger partial charge in [0.25, 0.3) is 0 Å². The van der Waals surface area contributed by atoms with Gasteiger partial charge in [0.1, 0.15) is 0 Å². The summed E-state index contributed by atoms with van der Waals surface area (Å²) in [5, 5.41) is 2.88. The molecule has 0 unspecified atom stereocenters. The van der Waals surface area contributed by atoms with Crippen LogP contribution in [0.5, 0.6) is 0 Å². The van der Waals surface area contributed by atoms with Crippen molar-refractivity contribution in [3.63, 3.8) is 0 Å². The van der Waals surface area contributed by atoms with E-state index in [-0.39, 0.29) is 0 Å². The van der Waals surface area contributed by atoms with Crippen molar-refractivity contribution in [2.75, 3.05) is 0 Å². The predicted molar refractivity (Wildman–Crippen MR) is 112 cm³/mol. The van der Waals surface area contributed by atoms with Crippen molar-refractivity contribution >= 4 is 27.2 Å². The molecule has 140 valence electrons. The van der Waals surface area contributed by atoms with Crippen molar-refractivity contribution < 1.29 is 2.79 Å². The van der Waals surface area contributed by atoms with E-state index in [4.69, 9.17) is 2.79 Å². The second-order valence-corrected chi connectivity index (χ2v) is 31.3. The van der Waals surface area contributed by atoms with Crippen molar-refractivity contribution in [3.8, 4) is 0 Å². The molecule has 0 bridgehead atoms. The van der Waals surface area contributed by atoms with Gasteiger partial charge in [-0.25, -0.2) is 0 Å². The van der Waals surface area contributed by atoms with Crippen molar-refractivity contribution in [1.29, 1.82) is 0 Å². The van der Waals surface area contributed by atoms with E-state index >= 15 is 0 Å². The normalized spacial score (nSPS) is 13.8. The molecular weight excluding hydrogens is 401 g/mol. The molecule has 0 aliphatic heterocycles. The van der Waals surface area contributed by atoms with Crippen molar-refractivity contribution in [3.05, 3.63) is 0 Å². The van der Waals surface area contributed by atoms with Crippen molar-refractivity contribution in [2.24, 2.45) is 0 Å². The fourth-order valence-electron chi connectivity index (χ4n) is 4.58. The molecule has 0 aromatic carbocycles. The molecule has 0 rings (SSSR count). The maximum atomic E-state index is 7.65. The summed E-state index contributed by atoms with van der Waals surface area (Å²) in [7, 11) is 0. The standard InChI is InChI=1S/C20H46Ge2O/c1-11-13-15-21(17(3)4,16-14-12-2)23-22(18(5)6,19(7)8)20(9)10/h17-20H,11-16H2,1-10H3. The summed E-state index contributed by atoms with van der Waals surface area (Å²) in [6.45, 7) is 24.4. The summed E-state index contributed by atoms with van der Waals surface area (Å²) in [5.41, 5.74) is 0. The summed E-state index contributed by atoms with van der Waals surface area (Å²) >= 11 is -4.64. The first-order valence-corrected chi connectivity index (χ1v) is 19.8. The molecular formula is C20H46Ge2O. The molecule has 0 aromatic heterocycles. The number of unbranched alkanes of at least 4 members (excludes halogenated alkanes) is 2. The summed E-state index contributed by atoms with van der Waals surface area (Å²) in [4.78, 5) is 0. The van der Waals surface area contributed by atoms with Gasteiger partial charge in [0.05, 0.1) is 0 Å². The van der Waals surface area contributed by atoms with Crippen LogP contribution in [0.15, 0.2) is 0 Å². The van der Waals surface area contributed by atoms with Gasteiger partial charge in [-0.2, -0.15) is 0 Å². The van der Waals surface area contributed by atoms with Gasteiger partial charge in [-0.1, -0.05) is 0 Å². The van der Waals surface area contributed by atoms with E-state index in [1.807, 2.05) is 0 Å². The second-order valence-electron chi connectivity index (χ2n) is 8.85. The van der Waals surface area contributed by atoms with Crippen molar-refractivity contribution in [1.82, 2.24) is 0 Å². The molecule has 0 fully saturated rings. The number of rotatable bonds is 12. The van der Waals surface area contributed by atoms with Crippen LogP contribution >= 0.6 is 0 Å². The van der Waals surface area contributed by atoms with Gasteiger partial charge in [0, 0.05) is 0 Å². The van der Waals surface area contributed by atoms with Gasteiger partial charge in [0.15, 0.2) is 0 Å². The first kappa shape index (κ1) is 24.0. The van der Waals surface area contributed by atoms with Crippen LogP contribution in [0.25, 0.3) is 0 Å². The van der Waals surface area contributed by atoms with Gasteiger partial charge in [-0.15, -0.1) is 0 Å². The molecule has 0 aliphatic rings. The molecule has 1 nitrogen and oxygen atoms in total. The molecule has 0 N–H and O–H groups in total. The fraction of sp³-hybridized carbons (Fsp3) is 1.00. The Hall–Kier alpha value is 1.05. The van der Waals surface area contributed by atoms with E-state index in [0.29, 0.717) is 0 Å². The molecule has 0 spiro atoms. The topological polar surface area (TPSA) is 9.23 Å². The fourth-order valence-corrected chi connectivity index (χ4v) is 44.0. The third kappa shape index (κ3) is 6.06. The molecule has 0 radical (unpaired) electrons. The Morgan fingerprint density at radius 2 is 0.957 bits per heavy atom. The van der Waals surface area contributed by atoms with Crippen LogP contribution in [0.3, 0.4) is 0 Å². The first-order chi connectivity index (χ1) is 10.6. The first-order valence-electron chi connectivity index (χ1n) is 10.3. The van der Waals surface area contributed by atoms with Crippen LogP contribution in [0, 0.1) is 0 Å². The quantitative estimate of drug-likeness (QED) is 0.274. The zero-order valence-electron chi connectivity index (χ0n) is 18.0. The monoisotopic (exact) mass is 450 g/mol. The van der Waals surface area contributed by atoms with Gasteiger partial charge in [-0.3, -0.25) is 0 Å². The molecule has 0 atom stereocenters. The molecule has 0 amide bonds. The maximum absolute atomic E-state index is 7.65. The summed E-state index contributed by atoms with van der Waals surface area (Å²) in [6.07, 6.45) is 5.41. The van der Waals surface area contributed by atoms with Crippen LogP contribution in [0.1, 0.15) is 94.9 Å². The Labute approximate surface area is 154 Å². The predicted octanol–water partition coefficient (Wildman–Crippen LogP) is 8.13. The average Bonchev–Trinajstić information content (AvgIpc) is 2.45. The molecule has 23 heavy (non-hydrogen) atoms. The third-order valence-electron chi connectivity index (χ3n) is 6.05. The van der Waals surface area contributed by atoms with Crippen LogP contribution in [-0.2, 0) is 2.79 Å². The second kappa shape index (κ2) is 10.9. The zero-order chi connectivity index (χ0) is 18.3. The van der Waals surface area contributed by atoms with Gasteiger partial charge in [-0.05, 0) is 0 Å². The van der Waals surface area contributed by atoms with E-state index in [2.05, 4.69) is 69.2 Å². The number of hydrogen-bond acceptors (Lipinski definition) is 1. The summed E-state index contributed by atoms with van der Waals surface area (Å²) in [6, 6.07) is 0. The van der Waals surface area contributed by atoms with Crippen LogP contribution in [-0.4, -0.2) is 27.2 Å². The average molecular weight is 448 g/mol. The Balaban J connectivity index is 5.83. The molecule has 0 heterocycles. The Morgan fingerprint density at radius 3 is 1.17 bits per heavy atom. The molecule has 3 heteroatoms. The Morgan fingerprint density at radius 1 is 0.609 bits per heavy atom. The van der Waals surface area contributed by atoms with Gasteiger partial charge in [0.2, 0.25) is 0 Å². The van der Waals surface area contributed by atoms with E-state index in [1.54, 1.807) is 0 Å². The third-order valence-corrected chi connectivity index (χ3v) is 36.7. The zero-order valence-corrected chi connectivity index (χ0v) is 22.2. The van der Waals surface area contributed by atoms with E-state index in [1.165, 1.54) is 36.2 Å². The molecule has 0 aromatic rings. The van der Waals surface area contributed by atoms with Crippen LogP contribution in [0.4, 0.5) is 0 Å². The molecule has 0 saturated heterocycles. The minimum atomic E-state index is -2.37. The SMILES string of the molecule is CCC[CH2][Ge]([CH2]CCC)([O][Ge]([CH](C)C)([CH](C)C)[CH](C)C)[CH](C)C. The van der Waals surface area contributed by atoms with Crippen LogP contribution < -0.4 is 0 Å². The summed E-state index contributed by atoms with van der Waals surface area (Å²) < 4.78 is 10.7. The van der Waals surface area contributed by atoms with E-state index in [9.17, 15) is 0 Å². The van der Waals surface area contributed by atoms with E-state index < -0.39 is 27.2 Å². The minimum absolute atomic E-state index is 0.766. The van der Waals surface area contributed by atoms with Gasteiger partial charge >= 0.3 is 154 Å². The Bertz CT molecular complexity index is 281.